The van der Waals surface area contributed by atoms with Crippen LogP contribution < -0.4 is 59.1 Å². The summed E-state index contributed by atoms with van der Waals surface area (Å²) in [5.74, 6) is 0. The van der Waals surface area contributed by atoms with Crippen molar-refractivity contribution in [1.29, 1.82) is 0 Å². The third-order valence-electron chi connectivity index (χ3n) is 0. The summed E-state index contributed by atoms with van der Waals surface area (Å²) in [6.45, 7) is 0. The van der Waals surface area contributed by atoms with Gasteiger partial charge in [0.15, 0.2) is 0 Å². The summed E-state index contributed by atoms with van der Waals surface area (Å²) in [6, 6.07) is 0. The predicted molar refractivity (Wildman–Crippen MR) is 9.45 cm³/mol. The van der Waals surface area contributed by atoms with Crippen LogP contribution in [0.25, 0.3) is 0 Å². The van der Waals surface area contributed by atoms with E-state index < -0.39 is 0 Å². The predicted octanol–water partition coefficient (Wildman–Crippen LogP) is -7.42. The minimum Gasteiger partial charge on any atom is -1.00 e. The fourth-order valence-electron chi connectivity index (χ4n) is 0. The van der Waals surface area contributed by atoms with Crippen LogP contribution in [0.15, 0.2) is 0 Å². The van der Waals surface area contributed by atoms with E-state index >= 15 is 0 Å². The summed E-state index contributed by atoms with van der Waals surface area (Å²) in [5, 5.41) is 0. The smallest absolute Gasteiger partial charge is 1.00 e. The molecule has 0 aliphatic heterocycles. The van der Waals surface area contributed by atoms with Gasteiger partial charge in [0.05, 0.1) is 0 Å². The normalized spacial score (nSPS) is 0. The number of hydrogen-bond donors (Lipinski definition) is 0. The molecule has 0 atom stereocenters. The van der Waals surface area contributed by atoms with Crippen LogP contribution in [0.3, 0.4) is 0 Å². The average Bonchev–Trinajstić information content (AvgIpc) is 0. The van der Waals surface area contributed by atoms with Crippen LogP contribution in [0.4, 0.5) is 0 Å². The van der Waals surface area contributed by atoms with E-state index in [1.54, 1.807) is 0 Å². The van der Waals surface area contributed by atoms with Crippen molar-refractivity contribution in [3.63, 3.8) is 0 Å². The van der Waals surface area contributed by atoms with E-state index in [1.165, 1.54) is 0 Å². The van der Waals surface area contributed by atoms with Gasteiger partial charge in [0.2, 0.25) is 0 Å². The summed E-state index contributed by atoms with van der Waals surface area (Å²) in [7, 11) is 0. The van der Waals surface area contributed by atoms with Crippen molar-refractivity contribution < 1.29 is 94.6 Å². The molecule has 4 N–H and O–H groups in total. The second-order valence-electron chi connectivity index (χ2n) is 0. The van der Waals surface area contributed by atoms with Crippen LogP contribution in [0.2, 0.25) is 0 Å². The Labute approximate surface area is 93.1 Å². The molecule has 0 radical (unpaired) electrons. The molecule has 0 rings (SSSR count). The van der Waals surface area contributed by atoms with Gasteiger partial charge in [0.1, 0.15) is 0 Å². The van der Waals surface area contributed by atoms with E-state index in [4.69, 9.17) is 0 Å². The summed E-state index contributed by atoms with van der Waals surface area (Å²) in [5.41, 5.74) is 0. The molecule has 0 aromatic carbocycles. The maximum Gasteiger partial charge on any atom is 1.00 e. The fourth-order valence-corrected chi connectivity index (χ4v) is 0. The molecule has 2 nitrogen and oxygen atoms in total. The Hall–Kier alpha value is 2.63. The van der Waals surface area contributed by atoms with Crippen molar-refractivity contribution in [3.05, 3.63) is 0 Å². The molecule has 24 valence electrons. The summed E-state index contributed by atoms with van der Waals surface area (Å²) >= 11 is 0. The van der Waals surface area contributed by atoms with Crippen molar-refractivity contribution in [2.75, 3.05) is 0 Å². The second-order valence-corrected chi connectivity index (χ2v) is 0. The second kappa shape index (κ2) is 30.3. The van der Waals surface area contributed by atoms with Gasteiger partial charge in [-0.25, -0.2) is 0 Å². The number of hydrogen-bond acceptors (Lipinski definition) is 0. The Balaban J connectivity index is 0. The van der Waals surface area contributed by atoms with Gasteiger partial charge in [-0.2, -0.15) is 0 Å². The Morgan fingerprint density at radius 3 is 0.800 bits per heavy atom. The zero-order chi connectivity index (χ0) is 0. The molecular formula is H6Na2O2Ti. The molecular weight excluding hydrogens is 126 g/mol. The molecule has 0 aliphatic carbocycles. The number of rotatable bonds is 0. The first-order valence-electron chi connectivity index (χ1n) is 0. The average molecular weight is 132 g/mol. The first-order valence-corrected chi connectivity index (χ1v) is 0. The van der Waals surface area contributed by atoms with Gasteiger partial charge in [-0.1, -0.05) is 0 Å². The van der Waals surface area contributed by atoms with E-state index in [0.717, 1.165) is 0 Å². The molecule has 0 spiro atoms. The van der Waals surface area contributed by atoms with Gasteiger partial charge in [0, 0.05) is 21.7 Å². The first-order chi connectivity index (χ1) is 0. The van der Waals surface area contributed by atoms with Gasteiger partial charge in [-0.15, -0.1) is 0 Å². The van der Waals surface area contributed by atoms with Crippen LogP contribution in [-0.2, 0) is 21.7 Å². The van der Waals surface area contributed by atoms with Crippen molar-refractivity contribution in [2.45, 2.75) is 0 Å². The molecule has 0 heterocycles. The van der Waals surface area contributed by atoms with Crippen LogP contribution >= 0.6 is 0 Å². The monoisotopic (exact) mass is 132 g/mol. The molecule has 0 bridgehead atoms. The fraction of sp³-hybridized carbons (Fsp3) is 0. The zero-order valence-electron chi connectivity index (χ0n) is 5.50. The summed E-state index contributed by atoms with van der Waals surface area (Å²) in [6.07, 6.45) is 0. The van der Waals surface area contributed by atoms with Crippen LogP contribution in [-0.4, -0.2) is 11.0 Å². The van der Waals surface area contributed by atoms with Gasteiger partial charge < -0.3 is 13.8 Å². The largest absolute Gasteiger partial charge is 1.00 e. The van der Waals surface area contributed by atoms with Gasteiger partial charge in [-0.05, 0) is 0 Å². The molecule has 5 heteroatoms. The Bertz CT molecular complexity index is 13.7. The summed E-state index contributed by atoms with van der Waals surface area (Å²) in [4.78, 5) is 0. The van der Waals surface area contributed by atoms with Crippen LogP contribution in [0.5, 0.6) is 0 Å². The standard InChI is InChI=1S/2Na.2H2O.Ti.2H/h;;2*1H2;;;/q2*+1;;;;2*-1. The Kier molecular flexibility index (Phi) is 294. The molecule has 0 amide bonds. The minimum atomic E-state index is 0. The molecule has 0 aliphatic rings. The van der Waals surface area contributed by atoms with E-state index in [9.17, 15) is 0 Å². The molecule has 0 fully saturated rings. The Morgan fingerprint density at radius 1 is 0.800 bits per heavy atom. The van der Waals surface area contributed by atoms with Crippen LogP contribution in [0, 0.1) is 0 Å². The van der Waals surface area contributed by atoms with Crippen molar-refractivity contribution in [2.24, 2.45) is 0 Å². The quantitative estimate of drug-likeness (QED) is 0.294. The SMILES string of the molecule is O.O.[H-].[H-].[Na+].[Na+].[Ti]. The maximum atomic E-state index is 0. The topological polar surface area (TPSA) is 63.0 Å². The van der Waals surface area contributed by atoms with Crippen molar-refractivity contribution >= 4 is 0 Å². The molecule has 0 saturated carbocycles. The molecule has 0 aromatic heterocycles. The van der Waals surface area contributed by atoms with E-state index in [-0.39, 0.29) is 94.6 Å². The first kappa shape index (κ1) is 48.4. The van der Waals surface area contributed by atoms with Gasteiger partial charge >= 0.3 is 59.1 Å². The van der Waals surface area contributed by atoms with Gasteiger partial charge in [-0.3, -0.25) is 0 Å². The van der Waals surface area contributed by atoms with Crippen LogP contribution in [0.1, 0.15) is 2.85 Å². The van der Waals surface area contributed by atoms with Crippen molar-refractivity contribution in [3.8, 4) is 0 Å². The molecule has 0 saturated heterocycles. The molecule has 5 heavy (non-hydrogen) atoms. The van der Waals surface area contributed by atoms with E-state index in [0.29, 0.717) is 0 Å². The van der Waals surface area contributed by atoms with E-state index in [1.807, 2.05) is 0 Å². The summed E-state index contributed by atoms with van der Waals surface area (Å²) < 4.78 is 0. The third kappa shape index (κ3) is 20.5. The minimum absolute atomic E-state index is 0. The van der Waals surface area contributed by atoms with Crippen molar-refractivity contribution in [1.82, 2.24) is 0 Å². The van der Waals surface area contributed by atoms with E-state index in [2.05, 4.69) is 0 Å². The molecule has 0 unspecified atom stereocenters. The maximum absolute atomic E-state index is 0. The zero-order valence-corrected chi connectivity index (χ0v) is 9.06. The van der Waals surface area contributed by atoms with Gasteiger partial charge in [0.25, 0.3) is 0 Å². The Morgan fingerprint density at radius 2 is 0.800 bits per heavy atom. The molecule has 0 aromatic rings. The third-order valence-corrected chi connectivity index (χ3v) is 0.